The van der Waals surface area contributed by atoms with E-state index in [9.17, 15) is 4.79 Å². The van der Waals surface area contributed by atoms with E-state index in [-0.39, 0.29) is 17.5 Å². The molecular formula is C21H31N7O. The zero-order valence-electron chi connectivity index (χ0n) is 18.0. The Bertz CT molecular complexity index is 858. The van der Waals surface area contributed by atoms with Crippen molar-refractivity contribution in [3.8, 4) is 5.82 Å². The molecule has 8 heteroatoms. The molecule has 3 heterocycles. The van der Waals surface area contributed by atoms with Gasteiger partial charge in [-0.2, -0.15) is 0 Å². The number of aliphatic imine (C=N–C) groups is 1. The minimum Gasteiger partial charge on any atom is -0.356 e. The number of amides is 1. The summed E-state index contributed by atoms with van der Waals surface area (Å²) in [6.07, 6.45) is 7.09. The quantitative estimate of drug-likeness (QED) is 0.617. The number of rotatable bonds is 5. The predicted octanol–water partition coefficient (Wildman–Crippen LogP) is 2.06. The van der Waals surface area contributed by atoms with Gasteiger partial charge in [0.2, 0.25) is 5.91 Å². The van der Waals surface area contributed by atoms with Crippen LogP contribution in [0.1, 0.15) is 40.2 Å². The summed E-state index contributed by atoms with van der Waals surface area (Å²) in [4.78, 5) is 30.3. The van der Waals surface area contributed by atoms with Crippen LogP contribution in [0.5, 0.6) is 0 Å². The predicted molar refractivity (Wildman–Crippen MR) is 114 cm³/mol. The number of carbonyl (C=O) groups is 1. The lowest BCUT2D eigenvalue weighted by Gasteiger charge is -2.49. The largest absolute Gasteiger partial charge is 0.356 e. The Morgan fingerprint density at radius 1 is 1.34 bits per heavy atom. The second kappa shape index (κ2) is 8.63. The van der Waals surface area contributed by atoms with Crippen molar-refractivity contribution in [3.63, 3.8) is 0 Å². The summed E-state index contributed by atoms with van der Waals surface area (Å²) in [5.74, 6) is 1.69. The first-order valence-corrected chi connectivity index (χ1v) is 10.1. The van der Waals surface area contributed by atoms with Crippen LogP contribution in [0, 0.1) is 0 Å². The molecule has 156 valence electrons. The van der Waals surface area contributed by atoms with E-state index in [1.165, 1.54) is 0 Å². The van der Waals surface area contributed by atoms with Gasteiger partial charge in [-0.3, -0.25) is 9.36 Å². The third-order valence-electron chi connectivity index (χ3n) is 4.99. The average molecular weight is 398 g/mol. The van der Waals surface area contributed by atoms with Crippen molar-refractivity contribution in [3.05, 3.63) is 42.6 Å². The molecule has 0 radical (unpaired) electrons. The van der Waals surface area contributed by atoms with Crippen molar-refractivity contribution >= 4 is 11.9 Å². The molecule has 0 saturated carbocycles. The molecule has 1 N–H and O–H groups in total. The van der Waals surface area contributed by atoms with E-state index in [4.69, 9.17) is 4.99 Å². The molecule has 0 aromatic carbocycles. The van der Waals surface area contributed by atoms with Gasteiger partial charge in [0, 0.05) is 43.3 Å². The molecule has 0 spiro atoms. The zero-order chi connectivity index (χ0) is 21.0. The summed E-state index contributed by atoms with van der Waals surface area (Å²) in [6.45, 7) is 12.6. The highest BCUT2D eigenvalue weighted by Crippen LogP contribution is 2.24. The van der Waals surface area contributed by atoms with Crippen LogP contribution >= 0.6 is 0 Å². The molecule has 29 heavy (non-hydrogen) atoms. The zero-order valence-corrected chi connectivity index (χ0v) is 18.0. The minimum absolute atomic E-state index is 0.127. The fraction of sp³-hybridized carbons (Fsp3) is 0.524. The number of nitrogens with one attached hydrogen (secondary N) is 1. The van der Waals surface area contributed by atoms with E-state index >= 15 is 0 Å². The van der Waals surface area contributed by atoms with Crippen LogP contribution < -0.4 is 5.32 Å². The third-order valence-corrected chi connectivity index (χ3v) is 4.99. The molecule has 8 nitrogen and oxygen atoms in total. The third kappa shape index (κ3) is 4.58. The van der Waals surface area contributed by atoms with Crippen molar-refractivity contribution in [2.75, 3.05) is 19.6 Å². The molecule has 0 unspecified atom stereocenters. The summed E-state index contributed by atoms with van der Waals surface area (Å²) in [5, 5.41) is 3.34. The molecular weight excluding hydrogens is 366 g/mol. The average Bonchev–Trinajstić information content (AvgIpc) is 3.18. The van der Waals surface area contributed by atoms with E-state index < -0.39 is 0 Å². The molecule has 0 aliphatic carbocycles. The van der Waals surface area contributed by atoms with Crippen LogP contribution in [-0.2, 0) is 11.3 Å². The normalized spacial score (nSPS) is 17.2. The Morgan fingerprint density at radius 3 is 2.76 bits per heavy atom. The van der Waals surface area contributed by atoms with Crippen LogP contribution in [0.4, 0.5) is 0 Å². The number of hydrogen-bond acceptors (Lipinski definition) is 4. The van der Waals surface area contributed by atoms with Gasteiger partial charge in [0.15, 0.2) is 5.96 Å². The van der Waals surface area contributed by atoms with Crippen molar-refractivity contribution in [1.29, 1.82) is 0 Å². The van der Waals surface area contributed by atoms with E-state index in [0.717, 1.165) is 30.4 Å². The van der Waals surface area contributed by atoms with Gasteiger partial charge >= 0.3 is 0 Å². The summed E-state index contributed by atoms with van der Waals surface area (Å²) in [5.41, 5.74) is 0.725. The molecule has 1 aliphatic heterocycles. The first-order valence-electron chi connectivity index (χ1n) is 10.1. The van der Waals surface area contributed by atoms with Gasteiger partial charge in [-0.05, 0) is 40.7 Å². The lowest BCUT2D eigenvalue weighted by atomic mass is 9.96. The summed E-state index contributed by atoms with van der Waals surface area (Å²) in [7, 11) is 0. The lowest BCUT2D eigenvalue weighted by Crippen LogP contribution is -2.66. The van der Waals surface area contributed by atoms with E-state index in [0.29, 0.717) is 13.1 Å². The number of nitrogens with zero attached hydrogens (tertiary/aromatic N) is 6. The minimum atomic E-state index is -0.268. The van der Waals surface area contributed by atoms with Crippen molar-refractivity contribution in [1.82, 2.24) is 29.7 Å². The molecule has 1 aliphatic rings. The maximum atomic E-state index is 12.8. The number of pyridine rings is 1. The fourth-order valence-corrected chi connectivity index (χ4v) is 4.07. The summed E-state index contributed by atoms with van der Waals surface area (Å²) in [6, 6.07) is 4.10. The first-order chi connectivity index (χ1) is 13.8. The maximum Gasteiger partial charge on any atom is 0.242 e. The Hall–Kier alpha value is -2.90. The van der Waals surface area contributed by atoms with Gasteiger partial charge in [0.1, 0.15) is 12.1 Å². The summed E-state index contributed by atoms with van der Waals surface area (Å²) >= 11 is 0. The fourth-order valence-electron chi connectivity index (χ4n) is 4.07. The van der Waals surface area contributed by atoms with Crippen LogP contribution in [-0.4, -0.2) is 67.4 Å². The lowest BCUT2D eigenvalue weighted by molar-refractivity contribution is -0.145. The van der Waals surface area contributed by atoms with Crippen LogP contribution in [0.3, 0.4) is 0 Å². The Labute approximate surface area is 172 Å². The van der Waals surface area contributed by atoms with Gasteiger partial charge < -0.3 is 15.1 Å². The highest BCUT2D eigenvalue weighted by molar-refractivity contribution is 5.88. The molecule has 0 atom stereocenters. The van der Waals surface area contributed by atoms with Gasteiger partial charge in [-0.15, -0.1) is 0 Å². The highest BCUT2D eigenvalue weighted by atomic mass is 16.2. The second-order valence-corrected chi connectivity index (χ2v) is 8.15. The van der Waals surface area contributed by atoms with E-state index in [1.54, 1.807) is 18.7 Å². The Balaban J connectivity index is 1.84. The topological polar surface area (TPSA) is 78.6 Å². The number of hydrogen-bond donors (Lipinski definition) is 1. The molecule has 2 aromatic rings. The molecule has 2 aromatic heterocycles. The van der Waals surface area contributed by atoms with Crippen molar-refractivity contribution in [2.24, 2.45) is 4.99 Å². The van der Waals surface area contributed by atoms with Gasteiger partial charge in [0.05, 0.1) is 18.6 Å². The molecule has 1 amide bonds. The smallest absolute Gasteiger partial charge is 0.242 e. The Kier molecular flexibility index (Phi) is 6.20. The van der Waals surface area contributed by atoms with Gasteiger partial charge in [0.25, 0.3) is 0 Å². The SMILES string of the molecule is CCNC(=NCc1cccnc1-n1ccnc1)N1CC(=O)N(C(C)C)C(C)(C)C1. The molecule has 3 rings (SSSR count). The van der Waals surface area contributed by atoms with Crippen molar-refractivity contribution < 1.29 is 4.79 Å². The molecule has 1 fully saturated rings. The van der Waals surface area contributed by atoms with Gasteiger partial charge in [-0.1, -0.05) is 6.07 Å². The highest BCUT2D eigenvalue weighted by Gasteiger charge is 2.40. The van der Waals surface area contributed by atoms with E-state index in [1.807, 2.05) is 34.7 Å². The maximum absolute atomic E-state index is 12.8. The Morgan fingerprint density at radius 2 is 2.14 bits per heavy atom. The number of carbonyl (C=O) groups excluding carboxylic acids is 1. The first kappa shape index (κ1) is 20.8. The van der Waals surface area contributed by atoms with Crippen LogP contribution in [0.25, 0.3) is 5.82 Å². The van der Waals surface area contributed by atoms with Gasteiger partial charge in [-0.25, -0.2) is 15.0 Å². The molecule has 1 saturated heterocycles. The molecule has 0 bridgehead atoms. The number of imidazole rings is 1. The number of guanidine groups is 1. The monoisotopic (exact) mass is 397 g/mol. The standard InChI is InChI=1S/C21H31N7O/c1-6-23-20(27-13-18(29)28(16(2)3)21(4,5)14-27)25-12-17-8-7-9-24-19(17)26-11-10-22-15-26/h7-11,15-16H,6,12-14H2,1-5H3,(H,23,25). The number of aromatic nitrogens is 3. The van der Waals surface area contributed by atoms with Crippen LogP contribution in [0.15, 0.2) is 42.0 Å². The second-order valence-electron chi connectivity index (χ2n) is 8.15. The van der Waals surface area contributed by atoms with Crippen molar-refractivity contribution in [2.45, 2.75) is 52.7 Å². The van der Waals surface area contributed by atoms with E-state index in [2.05, 4.69) is 47.9 Å². The number of piperazine rings is 1. The van der Waals surface area contributed by atoms with Crippen LogP contribution in [0.2, 0.25) is 0 Å². The summed E-state index contributed by atoms with van der Waals surface area (Å²) < 4.78 is 1.88.